The van der Waals surface area contributed by atoms with Crippen LogP contribution >= 0.6 is 0 Å². The molecule has 1 aliphatic heterocycles. The zero-order chi connectivity index (χ0) is 20.9. The van der Waals surface area contributed by atoms with Gasteiger partial charge in [-0.05, 0) is 42.0 Å². The summed E-state index contributed by atoms with van der Waals surface area (Å²) in [5.74, 6) is -0.250. The van der Waals surface area contributed by atoms with Gasteiger partial charge < -0.3 is 9.64 Å². The molecule has 1 fully saturated rings. The van der Waals surface area contributed by atoms with E-state index in [0.29, 0.717) is 19.7 Å². The number of carbonyl (C=O) groups excluding carboxylic acids is 2. The summed E-state index contributed by atoms with van der Waals surface area (Å²) >= 11 is 0. The first-order chi connectivity index (χ1) is 14.7. The van der Waals surface area contributed by atoms with Crippen LogP contribution in [0.4, 0.5) is 0 Å². The fourth-order valence-corrected chi connectivity index (χ4v) is 4.72. The molecule has 1 saturated heterocycles. The lowest BCUT2D eigenvalue weighted by Crippen LogP contribution is -2.50. The van der Waals surface area contributed by atoms with Crippen LogP contribution in [0.15, 0.2) is 48.5 Å². The van der Waals surface area contributed by atoms with Gasteiger partial charge in [0.1, 0.15) is 0 Å². The van der Waals surface area contributed by atoms with E-state index in [2.05, 4.69) is 53.4 Å². The average Bonchev–Trinajstić information content (AvgIpc) is 2.95. The van der Waals surface area contributed by atoms with Crippen LogP contribution in [-0.2, 0) is 27.2 Å². The van der Waals surface area contributed by atoms with Crippen LogP contribution in [0.1, 0.15) is 48.1 Å². The van der Waals surface area contributed by atoms with Crippen LogP contribution < -0.4 is 0 Å². The molecule has 30 heavy (non-hydrogen) atoms. The largest absolute Gasteiger partial charge is 0.466 e. The first-order valence-electron chi connectivity index (χ1n) is 11.0. The molecule has 0 N–H and O–H groups in total. The molecule has 4 rings (SSSR count). The van der Waals surface area contributed by atoms with Gasteiger partial charge in [-0.25, -0.2) is 0 Å². The van der Waals surface area contributed by atoms with Crippen molar-refractivity contribution in [1.29, 1.82) is 0 Å². The van der Waals surface area contributed by atoms with Crippen LogP contribution in [0.25, 0.3) is 0 Å². The summed E-state index contributed by atoms with van der Waals surface area (Å²) in [7, 11) is 0. The van der Waals surface area contributed by atoms with Crippen molar-refractivity contribution in [2.24, 2.45) is 0 Å². The topological polar surface area (TPSA) is 49.9 Å². The van der Waals surface area contributed by atoms with Gasteiger partial charge in [0, 0.05) is 32.6 Å². The third kappa shape index (κ3) is 4.41. The number of esters is 1. The van der Waals surface area contributed by atoms with Crippen LogP contribution in [0, 0.1) is 0 Å². The maximum atomic E-state index is 12.5. The average molecular weight is 407 g/mol. The Labute approximate surface area is 178 Å². The summed E-state index contributed by atoms with van der Waals surface area (Å²) in [6.07, 6.45) is 2.52. The van der Waals surface area contributed by atoms with E-state index in [1.807, 2.05) is 4.90 Å². The monoisotopic (exact) mass is 406 g/mol. The minimum Gasteiger partial charge on any atom is -0.466 e. The zero-order valence-corrected chi connectivity index (χ0v) is 17.7. The van der Waals surface area contributed by atoms with E-state index in [0.717, 1.165) is 25.9 Å². The van der Waals surface area contributed by atoms with Crippen LogP contribution in [0.5, 0.6) is 0 Å². The van der Waals surface area contributed by atoms with Crippen molar-refractivity contribution in [3.05, 3.63) is 70.8 Å². The number of piperazine rings is 1. The van der Waals surface area contributed by atoms with Gasteiger partial charge in [0.15, 0.2) is 0 Å². The highest BCUT2D eigenvalue weighted by atomic mass is 16.5. The summed E-state index contributed by atoms with van der Waals surface area (Å²) in [6, 6.07) is 17.8. The molecule has 0 saturated carbocycles. The third-order valence-corrected chi connectivity index (χ3v) is 6.24. The quantitative estimate of drug-likeness (QED) is 0.715. The maximum absolute atomic E-state index is 12.5. The summed E-state index contributed by atoms with van der Waals surface area (Å²) in [4.78, 5) is 28.5. The van der Waals surface area contributed by atoms with Gasteiger partial charge in [-0.15, -0.1) is 0 Å². The SMILES string of the molecule is CCOC(=O)CCC(=O)N1CCN(C2c3ccccc3CCc3ccccc32)CC1. The standard InChI is InChI=1S/C25H30N2O3/c1-2-30-24(29)14-13-23(28)26-15-17-27(18-16-26)25-21-9-5-3-7-19(21)11-12-20-8-4-6-10-22(20)25/h3-10,25H,2,11-18H2,1H3. The molecule has 2 aromatic carbocycles. The molecule has 5 heteroatoms. The fraction of sp³-hybridized carbons (Fsp3) is 0.440. The number of benzene rings is 2. The number of hydrogen-bond acceptors (Lipinski definition) is 4. The molecule has 0 spiro atoms. The van der Waals surface area contributed by atoms with Gasteiger partial charge in [-0.3, -0.25) is 14.5 Å². The lowest BCUT2D eigenvalue weighted by Gasteiger charge is -2.40. The lowest BCUT2D eigenvalue weighted by atomic mass is 9.92. The first kappa shape index (κ1) is 20.6. The molecule has 0 bridgehead atoms. The Balaban J connectivity index is 1.47. The van der Waals surface area contributed by atoms with Gasteiger partial charge in [-0.2, -0.15) is 0 Å². The second-order valence-corrected chi connectivity index (χ2v) is 8.02. The van der Waals surface area contributed by atoms with E-state index in [1.54, 1.807) is 6.92 Å². The molecule has 2 aliphatic rings. The molecule has 1 aliphatic carbocycles. The Morgan fingerprint density at radius 3 is 2.00 bits per heavy atom. The Morgan fingerprint density at radius 2 is 1.43 bits per heavy atom. The molecule has 1 heterocycles. The van der Waals surface area contributed by atoms with Crippen molar-refractivity contribution in [3.8, 4) is 0 Å². The van der Waals surface area contributed by atoms with Gasteiger partial charge in [-0.1, -0.05) is 48.5 Å². The number of amides is 1. The number of fused-ring (bicyclic) bond motifs is 2. The van der Waals surface area contributed by atoms with E-state index in [9.17, 15) is 9.59 Å². The number of nitrogens with zero attached hydrogens (tertiary/aromatic N) is 2. The predicted octanol–water partition coefficient (Wildman–Crippen LogP) is 3.36. The molecule has 0 atom stereocenters. The second-order valence-electron chi connectivity index (χ2n) is 8.02. The number of ether oxygens (including phenoxy) is 1. The highest BCUT2D eigenvalue weighted by Crippen LogP contribution is 2.37. The molecule has 0 aromatic heterocycles. The van der Waals surface area contributed by atoms with Crippen LogP contribution in [-0.4, -0.2) is 54.5 Å². The third-order valence-electron chi connectivity index (χ3n) is 6.24. The minimum absolute atomic E-state index is 0.0457. The van der Waals surface area contributed by atoms with Crippen molar-refractivity contribution >= 4 is 11.9 Å². The Kier molecular flexibility index (Phi) is 6.48. The number of aryl methyl sites for hydroxylation is 2. The van der Waals surface area contributed by atoms with Crippen molar-refractivity contribution in [1.82, 2.24) is 9.80 Å². The van der Waals surface area contributed by atoms with Gasteiger partial charge in [0.05, 0.1) is 19.1 Å². The molecule has 0 radical (unpaired) electrons. The molecule has 0 unspecified atom stereocenters. The maximum Gasteiger partial charge on any atom is 0.306 e. The van der Waals surface area contributed by atoms with E-state index < -0.39 is 0 Å². The summed E-state index contributed by atoms with van der Waals surface area (Å²) in [5.41, 5.74) is 5.63. The molecule has 1 amide bonds. The normalized spacial score (nSPS) is 17.0. The number of carbonyl (C=O) groups is 2. The van der Waals surface area contributed by atoms with Crippen LogP contribution in [0.2, 0.25) is 0 Å². The Bertz CT molecular complexity index is 855. The highest BCUT2D eigenvalue weighted by Gasteiger charge is 2.31. The lowest BCUT2D eigenvalue weighted by molar-refractivity contribution is -0.146. The molecule has 2 aromatic rings. The molecule has 158 valence electrons. The summed E-state index contributed by atoms with van der Waals surface area (Å²) < 4.78 is 4.94. The first-order valence-corrected chi connectivity index (χ1v) is 11.0. The minimum atomic E-state index is -0.295. The van der Waals surface area contributed by atoms with Gasteiger partial charge in [0.2, 0.25) is 5.91 Å². The highest BCUT2D eigenvalue weighted by molar-refractivity contribution is 5.81. The van der Waals surface area contributed by atoms with Crippen molar-refractivity contribution in [2.75, 3.05) is 32.8 Å². The molecular weight excluding hydrogens is 376 g/mol. The fourth-order valence-electron chi connectivity index (χ4n) is 4.72. The van der Waals surface area contributed by atoms with E-state index >= 15 is 0 Å². The van der Waals surface area contributed by atoms with E-state index in [4.69, 9.17) is 4.74 Å². The number of rotatable bonds is 5. The van der Waals surface area contributed by atoms with Gasteiger partial charge >= 0.3 is 5.97 Å². The second kappa shape index (κ2) is 9.43. The van der Waals surface area contributed by atoms with E-state index in [-0.39, 0.29) is 30.8 Å². The summed E-state index contributed by atoms with van der Waals surface area (Å²) in [6.45, 7) is 5.20. The number of hydrogen-bond donors (Lipinski definition) is 0. The summed E-state index contributed by atoms with van der Waals surface area (Å²) in [5, 5.41) is 0. The Morgan fingerprint density at radius 1 is 0.867 bits per heavy atom. The van der Waals surface area contributed by atoms with Crippen molar-refractivity contribution in [3.63, 3.8) is 0 Å². The zero-order valence-electron chi connectivity index (χ0n) is 17.7. The Hall–Kier alpha value is -2.66. The van der Waals surface area contributed by atoms with Crippen molar-refractivity contribution in [2.45, 2.75) is 38.6 Å². The van der Waals surface area contributed by atoms with E-state index in [1.165, 1.54) is 22.3 Å². The molecular formula is C25H30N2O3. The van der Waals surface area contributed by atoms with Crippen molar-refractivity contribution < 1.29 is 14.3 Å². The van der Waals surface area contributed by atoms with Gasteiger partial charge in [0.25, 0.3) is 0 Å². The smallest absolute Gasteiger partial charge is 0.306 e. The van der Waals surface area contributed by atoms with Crippen LogP contribution in [0.3, 0.4) is 0 Å². The molecule has 5 nitrogen and oxygen atoms in total. The predicted molar refractivity (Wildman–Crippen MR) is 116 cm³/mol.